The predicted molar refractivity (Wildman–Crippen MR) is 111 cm³/mol. The number of nitrogens with one attached hydrogen (secondary N) is 1. The van der Waals surface area contributed by atoms with Crippen LogP contribution in [0.3, 0.4) is 0 Å². The highest BCUT2D eigenvalue weighted by atomic mass is 79.9. The quantitative estimate of drug-likeness (QED) is 0.494. The van der Waals surface area contributed by atoms with E-state index >= 15 is 0 Å². The van der Waals surface area contributed by atoms with Crippen molar-refractivity contribution in [3.63, 3.8) is 0 Å². The number of rotatable bonds is 5. The van der Waals surface area contributed by atoms with Crippen LogP contribution in [0.1, 0.15) is 5.56 Å². The van der Waals surface area contributed by atoms with Crippen LogP contribution in [0.2, 0.25) is 0 Å². The first-order chi connectivity index (χ1) is 14.2. The maximum Gasteiger partial charge on any atom is 0.227 e. The molecule has 30 heavy (non-hydrogen) atoms. The third-order valence-corrected chi connectivity index (χ3v) is 5.61. The van der Waals surface area contributed by atoms with E-state index in [0.717, 1.165) is 18.3 Å². The average molecular weight is 496 g/mol. The van der Waals surface area contributed by atoms with Gasteiger partial charge in [-0.1, -0.05) is 15.9 Å². The maximum absolute atomic E-state index is 14.2. The van der Waals surface area contributed by atoms with Crippen LogP contribution in [0, 0.1) is 28.9 Å². The Kier molecular flexibility index (Phi) is 6.38. The van der Waals surface area contributed by atoms with Gasteiger partial charge in [0.1, 0.15) is 17.3 Å². The summed E-state index contributed by atoms with van der Waals surface area (Å²) in [6.07, 6.45) is 3.79. The van der Waals surface area contributed by atoms with Crippen molar-refractivity contribution in [3.8, 4) is 17.5 Å². The fraction of sp³-hybridized carbons (Fsp3) is 0.105. The summed E-state index contributed by atoms with van der Waals surface area (Å²) in [5.74, 6) is -2.61. The van der Waals surface area contributed by atoms with Gasteiger partial charge in [-0.15, -0.1) is 4.36 Å². The van der Waals surface area contributed by atoms with E-state index in [0.29, 0.717) is 21.8 Å². The van der Waals surface area contributed by atoms with Gasteiger partial charge in [0.05, 0.1) is 21.7 Å². The van der Waals surface area contributed by atoms with E-state index in [2.05, 4.69) is 35.6 Å². The third kappa shape index (κ3) is 5.34. The highest BCUT2D eigenvalue weighted by Crippen LogP contribution is 2.27. The standard InChI is InChI=1S/C19H13BrF3N5OS/c1-30(29,26-10-24)9-11-4-12(20)6-14(5-11)27-19-25-8-17(23)18(28-19)15-3-2-13(21)7-16(15)22/h2-8H,9H2,1H3,(H,25,27,28)/t30-/m1/s1. The van der Waals surface area contributed by atoms with E-state index in [1.807, 2.05) is 0 Å². The summed E-state index contributed by atoms with van der Waals surface area (Å²) < 4.78 is 57.7. The van der Waals surface area contributed by atoms with Gasteiger partial charge in [0.25, 0.3) is 0 Å². The molecule has 0 saturated heterocycles. The molecule has 154 valence electrons. The van der Waals surface area contributed by atoms with Gasteiger partial charge in [-0.25, -0.2) is 27.3 Å². The van der Waals surface area contributed by atoms with E-state index in [1.54, 1.807) is 24.4 Å². The summed E-state index contributed by atoms with van der Waals surface area (Å²) >= 11 is 3.34. The molecule has 3 rings (SSSR count). The van der Waals surface area contributed by atoms with Crippen LogP contribution >= 0.6 is 15.9 Å². The number of nitriles is 1. The van der Waals surface area contributed by atoms with Gasteiger partial charge in [-0.2, -0.15) is 5.26 Å². The molecular formula is C19H13BrF3N5OS. The van der Waals surface area contributed by atoms with Crippen LogP contribution in [-0.2, 0) is 15.5 Å². The summed E-state index contributed by atoms with van der Waals surface area (Å²) in [4.78, 5) is 7.84. The Labute approximate surface area is 179 Å². The van der Waals surface area contributed by atoms with Gasteiger partial charge in [0, 0.05) is 28.0 Å². The first-order valence-electron chi connectivity index (χ1n) is 8.29. The third-order valence-electron chi connectivity index (χ3n) is 3.81. The molecule has 1 N–H and O–H groups in total. The predicted octanol–water partition coefficient (Wildman–Crippen LogP) is 5.15. The molecule has 1 atom stereocenters. The van der Waals surface area contributed by atoms with Gasteiger partial charge < -0.3 is 5.32 Å². The lowest BCUT2D eigenvalue weighted by Gasteiger charge is -2.11. The van der Waals surface area contributed by atoms with Crippen molar-refractivity contribution in [2.24, 2.45) is 4.36 Å². The van der Waals surface area contributed by atoms with Crippen LogP contribution in [0.15, 0.2) is 51.4 Å². The molecule has 0 saturated carbocycles. The Morgan fingerprint density at radius 1 is 1.20 bits per heavy atom. The molecule has 0 spiro atoms. The Morgan fingerprint density at radius 3 is 2.67 bits per heavy atom. The number of hydrogen-bond acceptors (Lipinski definition) is 6. The molecule has 0 amide bonds. The topological polar surface area (TPSA) is 91.0 Å². The fourth-order valence-corrected chi connectivity index (χ4v) is 4.22. The molecule has 6 nitrogen and oxygen atoms in total. The number of hydrogen-bond donors (Lipinski definition) is 1. The second-order valence-corrected chi connectivity index (χ2v) is 9.59. The van der Waals surface area contributed by atoms with Gasteiger partial charge in [-0.3, -0.25) is 0 Å². The van der Waals surface area contributed by atoms with Crippen LogP contribution in [0.25, 0.3) is 11.3 Å². The molecule has 1 heterocycles. The molecule has 0 bridgehead atoms. The molecule has 0 unspecified atom stereocenters. The smallest absolute Gasteiger partial charge is 0.227 e. The van der Waals surface area contributed by atoms with E-state index < -0.39 is 27.2 Å². The van der Waals surface area contributed by atoms with Crippen molar-refractivity contribution < 1.29 is 17.4 Å². The number of halogens is 4. The highest BCUT2D eigenvalue weighted by Gasteiger charge is 2.15. The molecule has 3 aromatic rings. The van der Waals surface area contributed by atoms with Crippen LogP contribution in [-0.4, -0.2) is 20.4 Å². The number of benzene rings is 2. The van der Waals surface area contributed by atoms with Crippen molar-refractivity contribution in [3.05, 3.63) is 70.1 Å². The fourth-order valence-electron chi connectivity index (χ4n) is 2.66. The molecule has 0 aliphatic heterocycles. The molecule has 2 aromatic carbocycles. The Balaban J connectivity index is 1.95. The van der Waals surface area contributed by atoms with Crippen LogP contribution < -0.4 is 5.32 Å². The van der Waals surface area contributed by atoms with Crippen molar-refractivity contribution in [1.82, 2.24) is 9.97 Å². The number of aromatic nitrogens is 2. The Morgan fingerprint density at radius 2 is 1.97 bits per heavy atom. The Hall–Kier alpha value is -2.97. The van der Waals surface area contributed by atoms with Gasteiger partial charge >= 0.3 is 0 Å². The van der Waals surface area contributed by atoms with Crippen molar-refractivity contribution >= 4 is 37.3 Å². The first kappa shape index (κ1) is 21.7. The minimum atomic E-state index is -2.74. The van der Waals surface area contributed by atoms with Crippen molar-refractivity contribution in [1.29, 1.82) is 5.26 Å². The van der Waals surface area contributed by atoms with E-state index in [4.69, 9.17) is 5.26 Å². The van der Waals surface area contributed by atoms with Crippen molar-refractivity contribution in [2.75, 3.05) is 11.6 Å². The molecule has 0 radical (unpaired) electrons. The zero-order valence-corrected chi connectivity index (χ0v) is 17.8. The second-order valence-electron chi connectivity index (χ2n) is 6.28. The van der Waals surface area contributed by atoms with Gasteiger partial charge in [-0.05, 0) is 35.9 Å². The van der Waals surface area contributed by atoms with E-state index in [1.165, 1.54) is 6.26 Å². The largest absolute Gasteiger partial charge is 0.324 e. The monoisotopic (exact) mass is 495 g/mol. The molecule has 1 aromatic heterocycles. The number of nitrogens with zero attached hydrogens (tertiary/aromatic N) is 4. The lowest BCUT2D eigenvalue weighted by atomic mass is 10.1. The molecule has 0 aliphatic rings. The first-order valence-corrected chi connectivity index (χ1v) is 11.2. The zero-order valence-electron chi connectivity index (χ0n) is 15.4. The molecular weight excluding hydrogens is 483 g/mol. The highest BCUT2D eigenvalue weighted by molar-refractivity contribution is 9.10. The summed E-state index contributed by atoms with van der Waals surface area (Å²) in [6.45, 7) is 0. The molecule has 0 fully saturated rings. The molecule has 11 heteroatoms. The normalized spacial score (nSPS) is 12.7. The van der Waals surface area contributed by atoms with E-state index in [9.17, 15) is 17.4 Å². The maximum atomic E-state index is 14.2. The van der Waals surface area contributed by atoms with E-state index in [-0.39, 0.29) is 23.0 Å². The van der Waals surface area contributed by atoms with Crippen LogP contribution in [0.4, 0.5) is 24.8 Å². The summed E-state index contributed by atoms with van der Waals surface area (Å²) in [5.41, 5.74) is 0.552. The Bertz CT molecular complexity index is 1290. The van der Waals surface area contributed by atoms with Gasteiger partial charge in [0.15, 0.2) is 5.82 Å². The average Bonchev–Trinajstić information content (AvgIpc) is 2.62. The summed E-state index contributed by atoms with van der Waals surface area (Å²) in [6, 6.07) is 7.76. The zero-order chi connectivity index (χ0) is 21.9. The molecule has 0 aliphatic carbocycles. The summed E-state index contributed by atoms with van der Waals surface area (Å²) in [5, 5.41) is 11.5. The van der Waals surface area contributed by atoms with Crippen molar-refractivity contribution in [2.45, 2.75) is 5.75 Å². The second kappa shape index (κ2) is 8.81. The SMILES string of the molecule is C[S@@](=O)(Cc1cc(Br)cc(Nc2ncc(F)c(-c3ccc(F)cc3F)n2)c1)=NC#N. The van der Waals surface area contributed by atoms with Gasteiger partial charge in [0.2, 0.25) is 12.1 Å². The lowest BCUT2D eigenvalue weighted by molar-refractivity contribution is 0.580. The minimum absolute atomic E-state index is 0.0295. The lowest BCUT2D eigenvalue weighted by Crippen LogP contribution is -2.04. The number of anilines is 2. The summed E-state index contributed by atoms with van der Waals surface area (Å²) in [7, 11) is -2.74. The van der Waals surface area contributed by atoms with Crippen LogP contribution in [0.5, 0.6) is 0 Å². The minimum Gasteiger partial charge on any atom is -0.324 e.